The van der Waals surface area contributed by atoms with Crippen LogP contribution >= 0.6 is 0 Å². The molecule has 0 saturated carbocycles. The molecule has 2 unspecified atom stereocenters. The lowest BCUT2D eigenvalue weighted by molar-refractivity contribution is -0.118. The van der Waals surface area contributed by atoms with Crippen molar-refractivity contribution in [1.82, 2.24) is 9.78 Å². The SMILES string of the molecule is CCc1nn(C)cc1NC(=O)C(N)C(C)CC. The van der Waals surface area contributed by atoms with Crippen molar-refractivity contribution in [1.29, 1.82) is 0 Å². The summed E-state index contributed by atoms with van der Waals surface area (Å²) in [5, 5.41) is 7.12. The van der Waals surface area contributed by atoms with E-state index in [1.165, 1.54) is 0 Å². The van der Waals surface area contributed by atoms with Crippen LogP contribution in [-0.2, 0) is 18.3 Å². The van der Waals surface area contributed by atoms with Crippen LogP contribution in [-0.4, -0.2) is 21.7 Å². The lowest BCUT2D eigenvalue weighted by atomic mass is 9.99. The summed E-state index contributed by atoms with van der Waals surface area (Å²) in [5.41, 5.74) is 7.53. The molecule has 1 amide bonds. The average molecular weight is 238 g/mol. The number of hydrogen-bond donors (Lipinski definition) is 2. The summed E-state index contributed by atoms with van der Waals surface area (Å²) in [7, 11) is 1.84. The summed E-state index contributed by atoms with van der Waals surface area (Å²) < 4.78 is 1.70. The van der Waals surface area contributed by atoms with Gasteiger partial charge in [0.15, 0.2) is 0 Å². The minimum absolute atomic E-state index is 0.137. The van der Waals surface area contributed by atoms with E-state index in [-0.39, 0.29) is 11.8 Å². The summed E-state index contributed by atoms with van der Waals surface area (Å²) in [4.78, 5) is 11.9. The van der Waals surface area contributed by atoms with Crippen molar-refractivity contribution in [3.8, 4) is 0 Å². The van der Waals surface area contributed by atoms with E-state index in [0.717, 1.165) is 24.2 Å². The number of aryl methyl sites for hydroxylation is 2. The van der Waals surface area contributed by atoms with Gasteiger partial charge in [-0.25, -0.2) is 0 Å². The van der Waals surface area contributed by atoms with Gasteiger partial charge in [0, 0.05) is 13.2 Å². The minimum Gasteiger partial charge on any atom is -0.322 e. The fourth-order valence-corrected chi connectivity index (χ4v) is 1.63. The van der Waals surface area contributed by atoms with Crippen molar-refractivity contribution in [2.45, 2.75) is 39.7 Å². The average Bonchev–Trinajstić information content (AvgIpc) is 2.67. The van der Waals surface area contributed by atoms with Crippen molar-refractivity contribution in [3.05, 3.63) is 11.9 Å². The summed E-state index contributed by atoms with van der Waals surface area (Å²) in [6.45, 7) is 6.01. The number of hydrogen-bond acceptors (Lipinski definition) is 3. The molecular weight excluding hydrogens is 216 g/mol. The molecule has 0 aliphatic rings. The summed E-state index contributed by atoms with van der Waals surface area (Å²) in [5.74, 6) is 0.0406. The fraction of sp³-hybridized carbons (Fsp3) is 0.667. The van der Waals surface area contributed by atoms with Crippen LogP contribution in [0, 0.1) is 5.92 Å². The van der Waals surface area contributed by atoms with E-state index in [0.29, 0.717) is 0 Å². The van der Waals surface area contributed by atoms with Crippen LogP contribution in [0.15, 0.2) is 6.20 Å². The Kier molecular flexibility index (Phi) is 4.69. The maximum atomic E-state index is 11.9. The van der Waals surface area contributed by atoms with Crippen LogP contribution < -0.4 is 11.1 Å². The third-order valence-electron chi connectivity index (χ3n) is 3.06. The molecule has 0 fully saturated rings. The Bertz CT molecular complexity index is 386. The number of nitrogens with two attached hydrogens (primary N) is 1. The van der Waals surface area contributed by atoms with Crippen molar-refractivity contribution in [3.63, 3.8) is 0 Å². The van der Waals surface area contributed by atoms with E-state index in [9.17, 15) is 4.79 Å². The zero-order chi connectivity index (χ0) is 13.0. The smallest absolute Gasteiger partial charge is 0.241 e. The number of aromatic nitrogens is 2. The number of anilines is 1. The molecule has 0 saturated heterocycles. The van der Waals surface area contributed by atoms with E-state index >= 15 is 0 Å². The molecule has 0 spiro atoms. The van der Waals surface area contributed by atoms with E-state index < -0.39 is 6.04 Å². The van der Waals surface area contributed by atoms with Gasteiger partial charge in [-0.2, -0.15) is 5.10 Å². The Morgan fingerprint density at radius 1 is 1.59 bits per heavy atom. The Morgan fingerprint density at radius 2 is 2.24 bits per heavy atom. The van der Waals surface area contributed by atoms with Crippen LogP contribution in [0.4, 0.5) is 5.69 Å². The van der Waals surface area contributed by atoms with Gasteiger partial charge in [-0.05, 0) is 12.3 Å². The number of carbonyl (C=O) groups is 1. The Balaban J connectivity index is 2.73. The molecule has 1 aromatic rings. The van der Waals surface area contributed by atoms with Crippen molar-refractivity contribution in [2.24, 2.45) is 18.7 Å². The minimum atomic E-state index is -0.468. The first-order chi connectivity index (χ1) is 7.99. The third-order valence-corrected chi connectivity index (χ3v) is 3.06. The van der Waals surface area contributed by atoms with Gasteiger partial charge in [-0.3, -0.25) is 9.48 Å². The molecule has 0 aliphatic heterocycles. The molecule has 5 nitrogen and oxygen atoms in total. The molecule has 1 aromatic heterocycles. The van der Waals surface area contributed by atoms with E-state index in [2.05, 4.69) is 10.4 Å². The van der Waals surface area contributed by atoms with Gasteiger partial charge in [0.05, 0.1) is 17.4 Å². The van der Waals surface area contributed by atoms with Gasteiger partial charge in [0.2, 0.25) is 5.91 Å². The first kappa shape index (κ1) is 13.7. The van der Waals surface area contributed by atoms with Gasteiger partial charge >= 0.3 is 0 Å². The highest BCUT2D eigenvalue weighted by molar-refractivity contribution is 5.95. The first-order valence-electron chi connectivity index (χ1n) is 6.08. The molecule has 17 heavy (non-hydrogen) atoms. The predicted octanol–water partition coefficient (Wildman–Crippen LogP) is 1.29. The van der Waals surface area contributed by atoms with Gasteiger partial charge in [-0.1, -0.05) is 27.2 Å². The second kappa shape index (κ2) is 5.82. The lowest BCUT2D eigenvalue weighted by Crippen LogP contribution is -2.40. The maximum Gasteiger partial charge on any atom is 0.241 e. The number of amides is 1. The van der Waals surface area contributed by atoms with Gasteiger partial charge in [0.1, 0.15) is 0 Å². The van der Waals surface area contributed by atoms with E-state index in [4.69, 9.17) is 5.73 Å². The van der Waals surface area contributed by atoms with Crippen molar-refractivity contribution < 1.29 is 4.79 Å². The van der Waals surface area contributed by atoms with Crippen LogP contribution in [0.25, 0.3) is 0 Å². The molecule has 0 aliphatic carbocycles. The topological polar surface area (TPSA) is 72.9 Å². The van der Waals surface area contributed by atoms with Crippen LogP contribution in [0.1, 0.15) is 32.9 Å². The highest BCUT2D eigenvalue weighted by Gasteiger charge is 2.20. The van der Waals surface area contributed by atoms with Gasteiger partial charge in [-0.15, -0.1) is 0 Å². The summed E-state index contributed by atoms with van der Waals surface area (Å²) in [6, 6.07) is -0.468. The Labute approximate surface area is 102 Å². The number of rotatable bonds is 5. The Hall–Kier alpha value is -1.36. The van der Waals surface area contributed by atoms with Gasteiger partial charge < -0.3 is 11.1 Å². The largest absolute Gasteiger partial charge is 0.322 e. The zero-order valence-electron chi connectivity index (χ0n) is 11.0. The first-order valence-corrected chi connectivity index (χ1v) is 6.08. The normalized spacial score (nSPS) is 14.4. The quantitative estimate of drug-likeness (QED) is 0.812. The number of nitrogens with one attached hydrogen (secondary N) is 1. The standard InChI is InChI=1S/C12H22N4O/c1-5-8(3)11(13)12(17)14-10-7-16(4)15-9(10)6-2/h7-8,11H,5-6,13H2,1-4H3,(H,14,17). The highest BCUT2D eigenvalue weighted by atomic mass is 16.2. The van der Waals surface area contributed by atoms with E-state index in [1.54, 1.807) is 10.9 Å². The summed E-state index contributed by atoms with van der Waals surface area (Å²) in [6.07, 6.45) is 3.48. The molecule has 5 heteroatoms. The zero-order valence-corrected chi connectivity index (χ0v) is 11.0. The molecule has 2 atom stereocenters. The van der Waals surface area contributed by atoms with Crippen LogP contribution in [0.2, 0.25) is 0 Å². The molecule has 0 radical (unpaired) electrons. The van der Waals surface area contributed by atoms with Crippen molar-refractivity contribution >= 4 is 11.6 Å². The molecule has 0 bridgehead atoms. The van der Waals surface area contributed by atoms with Crippen LogP contribution in [0.5, 0.6) is 0 Å². The second-order valence-electron chi connectivity index (χ2n) is 4.42. The second-order valence-corrected chi connectivity index (χ2v) is 4.42. The molecular formula is C12H22N4O. The van der Waals surface area contributed by atoms with Gasteiger partial charge in [0.25, 0.3) is 0 Å². The van der Waals surface area contributed by atoms with E-state index in [1.807, 2.05) is 27.8 Å². The maximum absolute atomic E-state index is 11.9. The molecule has 1 rings (SSSR count). The molecule has 0 aromatic carbocycles. The number of nitrogens with zero attached hydrogens (tertiary/aromatic N) is 2. The highest BCUT2D eigenvalue weighted by Crippen LogP contribution is 2.15. The summed E-state index contributed by atoms with van der Waals surface area (Å²) >= 11 is 0. The lowest BCUT2D eigenvalue weighted by Gasteiger charge is -2.17. The third kappa shape index (κ3) is 3.30. The Morgan fingerprint density at radius 3 is 2.76 bits per heavy atom. The molecule has 3 N–H and O–H groups in total. The van der Waals surface area contributed by atoms with Crippen molar-refractivity contribution in [2.75, 3.05) is 5.32 Å². The molecule has 1 heterocycles. The monoisotopic (exact) mass is 238 g/mol. The predicted molar refractivity (Wildman–Crippen MR) is 68.6 cm³/mol. The molecule has 96 valence electrons. The van der Waals surface area contributed by atoms with Crippen LogP contribution in [0.3, 0.4) is 0 Å². The fourth-order valence-electron chi connectivity index (χ4n) is 1.63. The number of carbonyl (C=O) groups excluding carboxylic acids is 1.